The molecule has 58 valence electrons. The second-order valence-corrected chi connectivity index (χ2v) is 2.38. The highest BCUT2D eigenvalue weighted by molar-refractivity contribution is 7.82. The van der Waals surface area contributed by atoms with Gasteiger partial charge < -0.3 is 16.3 Å². The van der Waals surface area contributed by atoms with Gasteiger partial charge >= 0.3 is 5.97 Å². The van der Waals surface area contributed by atoms with E-state index in [9.17, 15) is 4.79 Å². The fraction of sp³-hybridized carbons (Fsp3) is 0.667. The summed E-state index contributed by atoms with van der Waals surface area (Å²) in [5.74, 6) is -1.11. The summed E-state index contributed by atoms with van der Waals surface area (Å²) < 4.78 is 0. The molecule has 0 radical (unpaired) electrons. The van der Waals surface area contributed by atoms with Crippen LogP contribution in [-0.2, 0) is 4.79 Å². The van der Waals surface area contributed by atoms with Gasteiger partial charge in [-0.3, -0.25) is 0 Å². The Labute approximate surface area is 64.6 Å². The van der Waals surface area contributed by atoms with E-state index in [1.165, 1.54) is 6.92 Å². The Balaban J connectivity index is -0.000000180. The van der Waals surface area contributed by atoms with E-state index < -0.39 is 10.8 Å². The molecular formula is C3H10ClNO3S. The molecule has 0 aliphatic heterocycles. The first-order valence-electron chi connectivity index (χ1n) is 1.69. The third-order valence-electron chi connectivity index (χ3n) is 0.433. The average molecular weight is 176 g/mol. The molecule has 0 aliphatic carbocycles. The minimum atomic E-state index is -1.39. The first-order chi connectivity index (χ1) is 2.94. The number of hydrogen-bond acceptors (Lipinski definition) is 3. The van der Waals surface area contributed by atoms with Gasteiger partial charge in [0.2, 0.25) is 0 Å². The summed E-state index contributed by atoms with van der Waals surface area (Å²) in [6.07, 6.45) is 0. The van der Waals surface area contributed by atoms with Crippen LogP contribution in [0.15, 0.2) is 0 Å². The lowest BCUT2D eigenvalue weighted by Crippen LogP contribution is -2.38. The molecule has 1 unspecified atom stereocenters. The Hall–Kier alpha value is 0.0300. The lowest BCUT2D eigenvalue weighted by Gasteiger charge is -2.08. The molecule has 0 saturated heterocycles. The van der Waals surface area contributed by atoms with Gasteiger partial charge in [0.15, 0.2) is 4.87 Å². The number of thiol groups is 1. The van der Waals surface area contributed by atoms with Crippen molar-refractivity contribution in [3.63, 3.8) is 0 Å². The maximum absolute atomic E-state index is 9.82. The largest absolute Gasteiger partial charge is 0.479 e. The van der Waals surface area contributed by atoms with Gasteiger partial charge in [-0.2, -0.15) is 0 Å². The van der Waals surface area contributed by atoms with E-state index in [4.69, 9.17) is 10.8 Å². The summed E-state index contributed by atoms with van der Waals surface area (Å²) in [7, 11) is 0. The maximum Gasteiger partial charge on any atom is 0.333 e. The summed E-state index contributed by atoms with van der Waals surface area (Å²) in [6, 6.07) is 0. The van der Waals surface area contributed by atoms with Gasteiger partial charge in [-0.15, -0.1) is 25.0 Å². The van der Waals surface area contributed by atoms with Crippen molar-refractivity contribution in [2.24, 2.45) is 5.73 Å². The van der Waals surface area contributed by atoms with E-state index in [0.717, 1.165) is 0 Å². The standard InChI is InChI=1S/C3H7NO2S.ClH.H2O/c1-3(4,7)2(5)6;;/h7H,4H2,1H3,(H,5,6);1H;1H2. The van der Waals surface area contributed by atoms with Gasteiger partial charge in [-0.1, -0.05) is 0 Å². The number of hydrogen-bond donors (Lipinski definition) is 3. The third kappa shape index (κ3) is 8.03. The predicted molar refractivity (Wildman–Crippen MR) is 40.1 cm³/mol. The molecular weight excluding hydrogens is 166 g/mol. The molecule has 5 N–H and O–H groups in total. The number of carboxylic acids is 1. The molecule has 0 rings (SSSR count). The van der Waals surface area contributed by atoms with Crippen molar-refractivity contribution in [3.05, 3.63) is 0 Å². The summed E-state index contributed by atoms with van der Waals surface area (Å²) in [5.41, 5.74) is 4.94. The Morgan fingerprint density at radius 1 is 1.78 bits per heavy atom. The number of halogens is 1. The Kier molecular flexibility index (Phi) is 8.66. The molecule has 4 nitrogen and oxygen atoms in total. The van der Waals surface area contributed by atoms with E-state index in [-0.39, 0.29) is 17.9 Å². The molecule has 0 amide bonds. The van der Waals surface area contributed by atoms with Crippen molar-refractivity contribution >= 4 is 31.0 Å². The van der Waals surface area contributed by atoms with Gasteiger partial charge in [0.1, 0.15) is 0 Å². The topological polar surface area (TPSA) is 94.8 Å². The van der Waals surface area contributed by atoms with Crippen LogP contribution in [0.1, 0.15) is 6.92 Å². The van der Waals surface area contributed by atoms with Crippen molar-refractivity contribution in [2.45, 2.75) is 11.8 Å². The Morgan fingerprint density at radius 2 is 1.89 bits per heavy atom. The summed E-state index contributed by atoms with van der Waals surface area (Å²) in [6.45, 7) is 1.30. The third-order valence-corrected chi connectivity index (χ3v) is 0.624. The second-order valence-electron chi connectivity index (χ2n) is 1.45. The molecule has 0 aliphatic rings. The molecule has 0 spiro atoms. The molecule has 0 aromatic heterocycles. The average Bonchev–Trinajstić information content (AvgIpc) is 1.31. The highest BCUT2D eigenvalue weighted by atomic mass is 35.5. The van der Waals surface area contributed by atoms with E-state index in [0.29, 0.717) is 0 Å². The molecule has 0 heterocycles. The van der Waals surface area contributed by atoms with Crippen molar-refractivity contribution in [3.8, 4) is 0 Å². The number of aliphatic carboxylic acids is 1. The second kappa shape index (κ2) is 4.87. The van der Waals surface area contributed by atoms with Crippen LogP contribution in [0.5, 0.6) is 0 Å². The Morgan fingerprint density at radius 3 is 1.89 bits per heavy atom. The summed E-state index contributed by atoms with van der Waals surface area (Å²) >= 11 is 3.53. The zero-order chi connectivity index (χ0) is 6.08. The number of nitrogens with two attached hydrogens (primary N) is 1. The molecule has 0 saturated carbocycles. The minimum absolute atomic E-state index is 0. The maximum atomic E-state index is 9.82. The number of carboxylic acid groups (broad SMARTS) is 1. The van der Waals surface area contributed by atoms with E-state index in [2.05, 4.69) is 12.6 Å². The van der Waals surface area contributed by atoms with Crippen LogP contribution in [0.2, 0.25) is 0 Å². The molecule has 0 fully saturated rings. The molecule has 6 heteroatoms. The summed E-state index contributed by atoms with van der Waals surface area (Å²) in [5, 5.41) is 8.05. The van der Waals surface area contributed by atoms with Crippen LogP contribution in [0, 0.1) is 0 Å². The van der Waals surface area contributed by atoms with Gasteiger partial charge in [0.05, 0.1) is 0 Å². The first-order valence-corrected chi connectivity index (χ1v) is 2.14. The zero-order valence-electron chi connectivity index (χ0n) is 4.79. The first kappa shape index (κ1) is 16.0. The van der Waals surface area contributed by atoms with Crippen LogP contribution in [0.3, 0.4) is 0 Å². The molecule has 1 atom stereocenters. The Bertz CT molecular complexity index is 91.5. The van der Waals surface area contributed by atoms with Gasteiger partial charge in [-0.05, 0) is 6.92 Å². The van der Waals surface area contributed by atoms with Crippen LogP contribution in [0.25, 0.3) is 0 Å². The predicted octanol–water partition coefficient (Wildman–Crippen LogP) is -0.727. The van der Waals surface area contributed by atoms with E-state index in [1.807, 2.05) is 0 Å². The number of carbonyl (C=O) groups is 1. The van der Waals surface area contributed by atoms with Crippen LogP contribution >= 0.6 is 25.0 Å². The number of rotatable bonds is 1. The normalized spacial score (nSPS) is 14.1. The summed E-state index contributed by atoms with van der Waals surface area (Å²) in [4.78, 5) is 8.43. The van der Waals surface area contributed by atoms with E-state index in [1.54, 1.807) is 0 Å². The smallest absolute Gasteiger partial charge is 0.333 e. The minimum Gasteiger partial charge on any atom is -0.479 e. The lowest BCUT2D eigenvalue weighted by molar-refractivity contribution is -0.139. The fourth-order valence-corrected chi connectivity index (χ4v) is 0. The zero-order valence-corrected chi connectivity index (χ0v) is 6.50. The van der Waals surface area contributed by atoms with Gasteiger partial charge in [0, 0.05) is 0 Å². The monoisotopic (exact) mass is 175 g/mol. The van der Waals surface area contributed by atoms with Crippen LogP contribution < -0.4 is 5.73 Å². The highest BCUT2D eigenvalue weighted by Gasteiger charge is 2.20. The van der Waals surface area contributed by atoms with Gasteiger partial charge in [-0.25, -0.2) is 4.79 Å². The van der Waals surface area contributed by atoms with Crippen molar-refractivity contribution < 1.29 is 15.4 Å². The van der Waals surface area contributed by atoms with Crippen molar-refractivity contribution in [2.75, 3.05) is 0 Å². The van der Waals surface area contributed by atoms with E-state index >= 15 is 0 Å². The van der Waals surface area contributed by atoms with Gasteiger partial charge in [0.25, 0.3) is 0 Å². The van der Waals surface area contributed by atoms with Crippen molar-refractivity contribution in [1.29, 1.82) is 0 Å². The highest BCUT2D eigenvalue weighted by Crippen LogP contribution is 2.01. The van der Waals surface area contributed by atoms with Crippen molar-refractivity contribution in [1.82, 2.24) is 0 Å². The molecule has 9 heavy (non-hydrogen) atoms. The quantitative estimate of drug-likeness (QED) is 0.362. The molecule has 0 aromatic rings. The van der Waals surface area contributed by atoms with Crippen LogP contribution in [0.4, 0.5) is 0 Å². The lowest BCUT2D eigenvalue weighted by atomic mass is 10.4. The van der Waals surface area contributed by atoms with Crippen LogP contribution in [-0.4, -0.2) is 21.4 Å². The molecule has 0 aromatic carbocycles. The fourth-order valence-electron chi connectivity index (χ4n) is 0. The molecule has 0 bridgehead atoms. The SMILES string of the molecule is CC(N)(S)C(=O)O.Cl.O.